The first-order chi connectivity index (χ1) is 17.3. The zero-order valence-electron chi connectivity index (χ0n) is 21.1. The van der Waals surface area contributed by atoms with Crippen LogP contribution in [0.4, 0.5) is 11.4 Å². The molecule has 1 amide bonds. The Morgan fingerprint density at radius 3 is 2.42 bits per heavy atom. The molecule has 2 aliphatic heterocycles. The summed E-state index contributed by atoms with van der Waals surface area (Å²) >= 11 is 3.63. The number of amides is 1. The number of carbonyl (C=O) groups excluding carboxylic acids is 1. The molecule has 4 atom stereocenters. The third-order valence-electron chi connectivity index (χ3n) is 8.13. The molecule has 5 nitrogen and oxygen atoms in total. The van der Waals surface area contributed by atoms with E-state index in [4.69, 9.17) is 9.47 Å². The molecule has 3 aromatic carbocycles. The van der Waals surface area contributed by atoms with Crippen LogP contribution in [0.15, 0.2) is 77.3 Å². The summed E-state index contributed by atoms with van der Waals surface area (Å²) in [5, 5.41) is 11.3. The van der Waals surface area contributed by atoms with Gasteiger partial charge in [-0.05, 0) is 54.4 Å². The minimum absolute atomic E-state index is 0.0129. The van der Waals surface area contributed by atoms with Gasteiger partial charge in [-0.1, -0.05) is 71.5 Å². The summed E-state index contributed by atoms with van der Waals surface area (Å²) in [6, 6.07) is 24.1. The fourth-order valence-corrected chi connectivity index (χ4v) is 10.9. The maximum absolute atomic E-state index is 14.5. The van der Waals surface area contributed by atoms with Crippen LogP contribution in [-0.2, 0) is 15.1 Å². The third-order valence-corrected chi connectivity index (χ3v) is 13.0. The molecule has 2 heterocycles. The van der Waals surface area contributed by atoms with E-state index in [9.17, 15) is 9.90 Å². The molecule has 0 radical (unpaired) electrons. The van der Waals surface area contributed by atoms with E-state index in [0.29, 0.717) is 6.42 Å². The lowest BCUT2D eigenvalue weighted by atomic mass is 9.82. The maximum atomic E-state index is 14.5. The van der Waals surface area contributed by atoms with Gasteiger partial charge >= 0.3 is 0 Å². The molecule has 1 fully saturated rings. The maximum Gasteiger partial charge on any atom is 0.268 e. The molecule has 188 valence electrons. The van der Waals surface area contributed by atoms with Gasteiger partial charge < -0.3 is 14.6 Å². The van der Waals surface area contributed by atoms with Crippen molar-refractivity contribution in [2.75, 3.05) is 18.6 Å². The predicted octanol–water partition coefficient (Wildman–Crippen LogP) is 5.73. The number of hydrogen-bond acceptors (Lipinski definition) is 4. The Morgan fingerprint density at radius 2 is 1.78 bits per heavy atom. The van der Waals surface area contributed by atoms with Crippen LogP contribution in [0.2, 0.25) is 18.6 Å². The number of para-hydroxylation sites is 1. The Labute approximate surface area is 222 Å². The molecule has 3 aromatic rings. The van der Waals surface area contributed by atoms with Crippen molar-refractivity contribution in [1.82, 2.24) is 0 Å². The van der Waals surface area contributed by atoms with Crippen LogP contribution in [0.1, 0.15) is 18.9 Å². The molecule has 1 spiro atoms. The number of ether oxygens (including phenoxy) is 2. The summed E-state index contributed by atoms with van der Waals surface area (Å²) in [5.41, 5.74) is 1.57. The van der Waals surface area contributed by atoms with Gasteiger partial charge in [-0.2, -0.15) is 0 Å². The normalized spacial score (nSPS) is 25.4. The lowest BCUT2D eigenvalue weighted by Crippen LogP contribution is -2.51. The second kappa shape index (κ2) is 9.45. The number of nitrogens with zero attached hydrogens (tertiary/aromatic N) is 1. The number of carbonyl (C=O) groups is 1. The van der Waals surface area contributed by atoms with E-state index < -0.39 is 13.7 Å². The highest BCUT2D eigenvalue weighted by molar-refractivity contribution is 9.10. The van der Waals surface area contributed by atoms with E-state index in [1.165, 1.54) is 5.19 Å². The second-order valence-corrected chi connectivity index (χ2v) is 15.9. The van der Waals surface area contributed by atoms with Crippen LogP contribution in [0, 0.1) is 5.92 Å². The first-order valence-electron chi connectivity index (χ1n) is 12.4. The van der Waals surface area contributed by atoms with Crippen molar-refractivity contribution in [3.8, 4) is 5.75 Å². The zero-order valence-corrected chi connectivity index (χ0v) is 23.7. The number of anilines is 2. The molecule has 36 heavy (non-hydrogen) atoms. The van der Waals surface area contributed by atoms with Crippen molar-refractivity contribution in [1.29, 1.82) is 0 Å². The molecular weight excluding hydrogens is 534 g/mol. The first-order valence-corrected chi connectivity index (χ1v) is 16.3. The number of halogens is 1. The molecule has 2 aliphatic rings. The minimum Gasteiger partial charge on any atom is -0.497 e. The van der Waals surface area contributed by atoms with Crippen molar-refractivity contribution in [3.05, 3.63) is 82.8 Å². The van der Waals surface area contributed by atoms with Gasteiger partial charge in [0, 0.05) is 28.2 Å². The van der Waals surface area contributed by atoms with Crippen molar-refractivity contribution < 1.29 is 19.4 Å². The molecule has 7 heteroatoms. The standard InChI is InChI=1S/C29H32BrNO4Si/c1-19-27(36(3,4)23-13-11-22(34-2)12-14-23)26(16-17-32)35-29(19)24-18-20(30)10-15-25(24)31(28(29)33)21-8-6-5-7-9-21/h5-15,18-19,26-27,32H,16-17H2,1-4H3/t19-,26+,27-,29+/m1/s1. The minimum atomic E-state index is -2.18. The Bertz CT molecular complexity index is 1270. The first kappa shape index (κ1) is 25.2. The molecular formula is C29H32BrNO4Si. The lowest BCUT2D eigenvalue weighted by molar-refractivity contribution is -0.145. The fraction of sp³-hybridized carbons (Fsp3) is 0.345. The van der Waals surface area contributed by atoms with Gasteiger partial charge in [-0.3, -0.25) is 9.69 Å². The summed E-state index contributed by atoms with van der Waals surface area (Å²) < 4.78 is 13.2. The number of aliphatic hydroxyl groups is 1. The highest BCUT2D eigenvalue weighted by Crippen LogP contribution is 2.61. The number of benzene rings is 3. The van der Waals surface area contributed by atoms with Crippen molar-refractivity contribution in [3.63, 3.8) is 0 Å². The van der Waals surface area contributed by atoms with Crippen LogP contribution < -0.4 is 14.8 Å². The highest BCUT2D eigenvalue weighted by atomic mass is 79.9. The molecule has 5 rings (SSSR count). The van der Waals surface area contributed by atoms with Crippen LogP contribution >= 0.6 is 15.9 Å². The van der Waals surface area contributed by atoms with E-state index >= 15 is 0 Å². The Hall–Kier alpha value is -2.45. The summed E-state index contributed by atoms with van der Waals surface area (Å²) in [6.45, 7) is 6.87. The van der Waals surface area contributed by atoms with Crippen LogP contribution in [-0.4, -0.2) is 38.9 Å². The number of hydrogen-bond donors (Lipinski definition) is 1. The average Bonchev–Trinajstić information content (AvgIpc) is 3.31. The molecule has 0 saturated carbocycles. The smallest absolute Gasteiger partial charge is 0.268 e. The van der Waals surface area contributed by atoms with Gasteiger partial charge in [0.05, 0.1) is 27.0 Å². The van der Waals surface area contributed by atoms with E-state index in [1.807, 2.05) is 60.7 Å². The molecule has 1 saturated heterocycles. The molecule has 1 N–H and O–H groups in total. The Kier molecular flexibility index (Phi) is 6.62. The van der Waals surface area contributed by atoms with Gasteiger partial charge in [0.1, 0.15) is 5.75 Å². The Balaban J connectivity index is 1.65. The van der Waals surface area contributed by atoms with E-state index in [2.05, 4.69) is 48.1 Å². The molecule has 0 unspecified atom stereocenters. The van der Waals surface area contributed by atoms with E-state index in [-0.39, 0.29) is 30.1 Å². The predicted molar refractivity (Wildman–Crippen MR) is 149 cm³/mol. The van der Waals surface area contributed by atoms with Crippen LogP contribution in [0.25, 0.3) is 0 Å². The number of methoxy groups -OCH3 is 1. The van der Waals surface area contributed by atoms with Gasteiger partial charge in [-0.25, -0.2) is 0 Å². The second-order valence-electron chi connectivity index (χ2n) is 10.3. The molecule has 0 aliphatic carbocycles. The van der Waals surface area contributed by atoms with Gasteiger partial charge in [0.15, 0.2) is 5.60 Å². The third kappa shape index (κ3) is 3.75. The summed E-state index contributed by atoms with van der Waals surface area (Å²) in [5.74, 6) is 0.678. The van der Waals surface area contributed by atoms with Gasteiger partial charge in [0.25, 0.3) is 5.91 Å². The molecule has 0 bridgehead atoms. The van der Waals surface area contributed by atoms with Gasteiger partial charge in [0.2, 0.25) is 0 Å². The number of aliphatic hydroxyl groups excluding tert-OH is 1. The van der Waals surface area contributed by atoms with E-state index in [0.717, 1.165) is 27.2 Å². The monoisotopic (exact) mass is 565 g/mol. The zero-order chi connectivity index (χ0) is 25.7. The van der Waals surface area contributed by atoms with Crippen LogP contribution in [0.5, 0.6) is 5.75 Å². The topological polar surface area (TPSA) is 59.0 Å². The summed E-state index contributed by atoms with van der Waals surface area (Å²) in [7, 11) is -0.507. The lowest BCUT2D eigenvalue weighted by Gasteiger charge is -2.37. The summed E-state index contributed by atoms with van der Waals surface area (Å²) in [4.78, 5) is 16.3. The quantitative estimate of drug-likeness (QED) is 0.387. The highest BCUT2D eigenvalue weighted by Gasteiger charge is 2.66. The number of rotatable bonds is 6. The van der Waals surface area contributed by atoms with Crippen molar-refractivity contribution >= 4 is 46.5 Å². The van der Waals surface area contributed by atoms with Gasteiger partial charge in [-0.15, -0.1) is 0 Å². The van der Waals surface area contributed by atoms with Crippen molar-refractivity contribution in [2.45, 2.75) is 43.7 Å². The number of fused-ring (bicyclic) bond motifs is 2. The average molecular weight is 567 g/mol. The Morgan fingerprint density at radius 1 is 1.08 bits per heavy atom. The molecule has 0 aromatic heterocycles. The largest absolute Gasteiger partial charge is 0.497 e. The van der Waals surface area contributed by atoms with Crippen molar-refractivity contribution in [2.24, 2.45) is 5.92 Å². The van der Waals surface area contributed by atoms with Crippen LogP contribution in [0.3, 0.4) is 0 Å². The van der Waals surface area contributed by atoms with E-state index in [1.54, 1.807) is 12.0 Å². The SMILES string of the molecule is COc1ccc([Si](C)(C)[C@H]2[C@H](CCO)O[C@@]3(C(=O)N(c4ccccc4)c4ccc(Br)cc43)[C@@H]2C)cc1. The summed E-state index contributed by atoms with van der Waals surface area (Å²) in [6.07, 6.45) is 0.256. The fourth-order valence-electron chi connectivity index (χ4n) is 6.44.